The van der Waals surface area contributed by atoms with Crippen molar-refractivity contribution in [1.82, 2.24) is 5.32 Å². The van der Waals surface area contributed by atoms with Crippen LogP contribution in [0.3, 0.4) is 0 Å². The summed E-state index contributed by atoms with van der Waals surface area (Å²) in [4.78, 5) is 1.59. The number of hydrogen-bond donors (Lipinski definition) is 1. The van der Waals surface area contributed by atoms with E-state index in [1.807, 2.05) is 11.3 Å². The first kappa shape index (κ1) is 16.0. The molecule has 1 N–H and O–H groups in total. The third-order valence-corrected chi connectivity index (χ3v) is 6.13. The number of thiophene rings is 1. The molecule has 1 atom stereocenters. The number of aryl methyl sites for hydroxylation is 1. The third-order valence-electron chi connectivity index (χ3n) is 5.03. The topological polar surface area (TPSA) is 12.0 Å². The molecule has 0 aromatic carbocycles. The minimum absolute atomic E-state index is 0.600. The quantitative estimate of drug-likeness (QED) is 0.724. The Morgan fingerprint density at radius 1 is 1.20 bits per heavy atom. The van der Waals surface area contributed by atoms with E-state index >= 15 is 0 Å². The Morgan fingerprint density at radius 3 is 2.35 bits per heavy atom. The van der Waals surface area contributed by atoms with E-state index in [0.29, 0.717) is 6.04 Å². The summed E-state index contributed by atoms with van der Waals surface area (Å²) in [5.41, 5.74) is 1.48. The predicted molar refractivity (Wildman–Crippen MR) is 90.4 cm³/mol. The van der Waals surface area contributed by atoms with Crippen molar-refractivity contribution in [3.05, 3.63) is 21.9 Å². The van der Waals surface area contributed by atoms with Crippen LogP contribution < -0.4 is 5.32 Å². The average Bonchev–Trinajstić information content (AvgIpc) is 2.86. The van der Waals surface area contributed by atoms with Gasteiger partial charge >= 0.3 is 0 Å². The summed E-state index contributed by atoms with van der Waals surface area (Å²) >= 11 is 1.95. The van der Waals surface area contributed by atoms with Gasteiger partial charge in [0.1, 0.15) is 0 Å². The maximum atomic E-state index is 3.84. The van der Waals surface area contributed by atoms with Gasteiger partial charge in [-0.05, 0) is 80.3 Å². The fraction of sp³-hybridized carbons (Fsp3) is 0.778. The van der Waals surface area contributed by atoms with Crippen molar-refractivity contribution < 1.29 is 0 Å². The molecule has 1 aromatic heterocycles. The van der Waals surface area contributed by atoms with E-state index < -0.39 is 0 Å². The Morgan fingerprint density at radius 2 is 1.85 bits per heavy atom. The molecule has 2 rings (SSSR count). The van der Waals surface area contributed by atoms with E-state index in [0.717, 1.165) is 24.3 Å². The normalized spacial score (nSPS) is 25.1. The zero-order valence-electron chi connectivity index (χ0n) is 13.6. The number of hydrogen-bond acceptors (Lipinski definition) is 2. The third kappa shape index (κ3) is 3.85. The monoisotopic (exact) mass is 293 g/mol. The van der Waals surface area contributed by atoms with Gasteiger partial charge in [0.15, 0.2) is 0 Å². The standard InChI is InChI=1S/C18H31NS/c1-5-11-19-17(18-14(4)10-12-20-18)16-8-6-15(7-9-16)13(2)3/h10,12-13,15-17,19H,5-9,11H2,1-4H3. The molecule has 1 heterocycles. The largest absolute Gasteiger partial charge is 0.309 e. The van der Waals surface area contributed by atoms with Crippen LogP contribution >= 0.6 is 11.3 Å². The summed E-state index contributed by atoms with van der Waals surface area (Å²) in [6.45, 7) is 10.5. The molecule has 114 valence electrons. The van der Waals surface area contributed by atoms with Crippen molar-refractivity contribution in [3.8, 4) is 0 Å². The molecule has 0 amide bonds. The lowest BCUT2D eigenvalue weighted by atomic mass is 9.74. The maximum Gasteiger partial charge on any atom is 0.0446 e. The first-order valence-electron chi connectivity index (χ1n) is 8.40. The summed E-state index contributed by atoms with van der Waals surface area (Å²) in [5, 5.41) is 6.09. The molecule has 1 unspecified atom stereocenters. The average molecular weight is 294 g/mol. The van der Waals surface area contributed by atoms with Gasteiger partial charge in [0.05, 0.1) is 0 Å². The zero-order valence-corrected chi connectivity index (χ0v) is 14.4. The van der Waals surface area contributed by atoms with E-state index in [2.05, 4.69) is 44.5 Å². The van der Waals surface area contributed by atoms with Crippen molar-refractivity contribution in [3.63, 3.8) is 0 Å². The van der Waals surface area contributed by atoms with Crippen LogP contribution in [0.4, 0.5) is 0 Å². The zero-order chi connectivity index (χ0) is 14.5. The fourth-order valence-electron chi connectivity index (χ4n) is 3.62. The van der Waals surface area contributed by atoms with Crippen molar-refractivity contribution >= 4 is 11.3 Å². The van der Waals surface area contributed by atoms with Gasteiger partial charge in [-0.25, -0.2) is 0 Å². The minimum Gasteiger partial charge on any atom is -0.309 e. The van der Waals surface area contributed by atoms with Gasteiger partial charge in [0, 0.05) is 10.9 Å². The second kappa shape index (κ2) is 7.61. The van der Waals surface area contributed by atoms with Crippen LogP contribution in [0.15, 0.2) is 11.4 Å². The highest BCUT2D eigenvalue weighted by molar-refractivity contribution is 7.10. The van der Waals surface area contributed by atoms with Crippen molar-refractivity contribution in [2.24, 2.45) is 17.8 Å². The van der Waals surface area contributed by atoms with Crippen LogP contribution in [0.2, 0.25) is 0 Å². The van der Waals surface area contributed by atoms with Gasteiger partial charge in [-0.15, -0.1) is 11.3 Å². The lowest BCUT2D eigenvalue weighted by molar-refractivity contribution is 0.190. The minimum atomic E-state index is 0.600. The summed E-state index contributed by atoms with van der Waals surface area (Å²) in [6, 6.07) is 2.88. The number of nitrogens with one attached hydrogen (secondary N) is 1. The molecule has 20 heavy (non-hydrogen) atoms. The Hall–Kier alpha value is -0.340. The molecule has 0 bridgehead atoms. The van der Waals surface area contributed by atoms with E-state index in [4.69, 9.17) is 0 Å². The van der Waals surface area contributed by atoms with Gasteiger partial charge in [-0.1, -0.05) is 20.8 Å². The highest BCUT2D eigenvalue weighted by Crippen LogP contribution is 2.41. The van der Waals surface area contributed by atoms with E-state index in [-0.39, 0.29) is 0 Å². The van der Waals surface area contributed by atoms with Crippen LogP contribution in [0.25, 0.3) is 0 Å². The second-order valence-electron chi connectivity index (χ2n) is 6.82. The lowest BCUT2D eigenvalue weighted by Crippen LogP contribution is -2.32. The van der Waals surface area contributed by atoms with Crippen LogP contribution in [-0.4, -0.2) is 6.54 Å². The number of rotatable bonds is 6. The molecule has 2 heteroatoms. The molecule has 0 saturated heterocycles. The van der Waals surface area contributed by atoms with Gasteiger partial charge < -0.3 is 5.32 Å². The highest BCUT2D eigenvalue weighted by atomic mass is 32.1. The summed E-state index contributed by atoms with van der Waals surface area (Å²) in [7, 11) is 0. The van der Waals surface area contributed by atoms with Crippen LogP contribution in [0.1, 0.15) is 69.4 Å². The smallest absolute Gasteiger partial charge is 0.0446 e. The summed E-state index contributed by atoms with van der Waals surface area (Å²) < 4.78 is 0. The van der Waals surface area contributed by atoms with Crippen LogP contribution in [0, 0.1) is 24.7 Å². The van der Waals surface area contributed by atoms with Gasteiger partial charge in [-0.3, -0.25) is 0 Å². The van der Waals surface area contributed by atoms with Crippen molar-refractivity contribution in [1.29, 1.82) is 0 Å². The van der Waals surface area contributed by atoms with E-state index in [1.54, 1.807) is 4.88 Å². The molecule has 0 aliphatic heterocycles. The fourth-order valence-corrected chi connectivity index (χ4v) is 4.72. The molecular formula is C18H31NS. The Kier molecular flexibility index (Phi) is 6.10. The lowest BCUT2D eigenvalue weighted by Gasteiger charge is -2.36. The van der Waals surface area contributed by atoms with E-state index in [9.17, 15) is 0 Å². The van der Waals surface area contributed by atoms with Crippen LogP contribution in [0.5, 0.6) is 0 Å². The predicted octanol–water partition coefficient (Wildman–Crippen LogP) is 5.56. The first-order valence-corrected chi connectivity index (χ1v) is 9.28. The molecule has 1 saturated carbocycles. The van der Waals surface area contributed by atoms with Gasteiger partial charge in [0.2, 0.25) is 0 Å². The highest BCUT2D eigenvalue weighted by Gasteiger charge is 2.30. The maximum absolute atomic E-state index is 3.84. The Bertz CT molecular complexity index is 388. The SMILES string of the molecule is CCCNC(c1sccc1C)C1CCC(C(C)C)CC1. The molecule has 1 nitrogen and oxygen atoms in total. The van der Waals surface area contributed by atoms with Crippen molar-refractivity contribution in [2.75, 3.05) is 6.54 Å². The molecule has 1 aromatic rings. The molecular weight excluding hydrogens is 262 g/mol. The summed E-state index contributed by atoms with van der Waals surface area (Å²) in [5.74, 6) is 2.66. The van der Waals surface area contributed by atoms with Crippen molar-refractivity contribution in [2.45, 2.75) is 65.8 Å². The first-order chi connectivity index (χ1) is 9.63. The van der Waals surface area contributed by atoms with Gasteiger partial charge in [0.25, 0.3) is 0 Å². The summed E-state index contributed by atoms with van der Waals surface area (Å²) in [6.07, 6.45) is 6.89. The molecule has 1 aliphatic carbocycles. The Labute approximate surface area is 129 Å². The Balaban J connectivity index is 2.03. The second-order valence-corrected chi connectivity index (χ2v) is 7.77. The molecule has 1 aliphatic rings. The van der Waals surface area contributed by atoms with Crippen LogP contribution in [-0.2, 0) is 0 Å². The van der Waals surface area contributed by atoms with Gasteiger partial charge in [-0.2, -0.15) is 0 Å². The molecule has 0 radical (unpaired) electrons. The molecule has 1 fully saturated rings. The molecule has 0 spiro atoms. The van der Waals surface area contributed by atoms with E-state index in [1.165, 1.54) is 37.7 Å².